The SMILES string of the molecule is CC(C)C(C)(C)C(C)(C(=O)OCCN1c2ccccc2C(C)(C)C12C=Cc1cc([N+](=O)[O-])ccc1O2)C(C)(C)CC(C)(C)C(C(=O)O)C(C)(C)C.CCC.CCC. The molecule has 2 aliphatic heterocycles. The van der Waals surface area contributed by atoms with Crippen LogP contribution in [0.5, 0.6) is 5.75 Å². The van der Waals surface area contributed by atoms with E-state index in [2.05, 4.69) is 94.1 Å². The van der Waals surface area contributed by atoms with Crippen LogP contribution in [-0.2, 0) is 19.7 Å². The summed E-state index contributed by atoms with van der Waals surface area (Å²) in [6.45, 7) is 37.7. The van der Waals surface area contributed by atoms with Crippen LogP contribution >= 0.6 is 0 Å². The summed E-state index contributed by atoms with van der Waals surface area (Å²) < 4.78 is 13.2. The first-order valence-corrected chi connectivity index (χ1v) is 21.0. The lowest BCUT2D eigenvalue weighted by Crippen LogP contribution is -2.60. The fourth-order valence-electron chi connectivity index (χ4n) is 9.65. The van der Waals surface area contributed by atoms with Crippen molar-refractivity contribution < 1.29 is 29.1 Å². The molecule has 3 atom stereocenters. The van der Waals surface area contributed by atoms with E-state index < -0.39 is 55.0 Å². The number of carboxylic acid groups (broad SMARTS) is 1. The van der Waals surface area contributed by atoms with Crippen molar-refractivity contribution >= 4 is 29.4 Å². The molecule has 0 aromatic heterocycles. The van der Waals surface area contributed by atoms with Gasteiger partial charge >= 0.3 is 11.9 Å². The number of aliphatic carboxylic acids is 1. The van der Waals surface area contributed by atoms with Gasteiger partial charge in [-0.25, -0.2) is 0 Å². The number of non-ortho nitro benzene ring substituents is 1. The molecule has 320 valence electrons. The van der Waals surface area contributed by atoms with Crippen LogP contribution < -0.4 is 9.64 Å². The number of nitro benzene ring substituents is 1. The van der Waals surface area contributed by atoms with Crippen molar-refractivity contribution in [1.29, 1.82) is 0 Å². The highest BCUT2D eigenvalue weighted by molar-refractivity contribution is 5.79. The molecule has 4 rings (SSSR count). The molecule has 0 radical (unpaired) electrons. The third-order valence-corrected chi connectivity index (χ3v) is 13.0. The molecule has 0 saturated carbocycles. The zero-order valence-electron chi connectivity index (χ0n) is 38.7. The van der Waals surface area contributed by atoms with Gasteiger partial charge in [-0.3, -0.25) is 19.7 Å². The fourth-order valence-corrected chi connectivity index (χ4v) is 9.65. The maximum Gasteiger partial charge on any atom is 0.312 e. The van der Waals surface area contributed by atoms with Crippen LogP contribution in [0.4, 0.5) is 11.4 Å². The Hall–Kier alpha value is -3.88. The topological polar surface area (TPSA) is 119 Å². The molecule has 9 heteroatoms. The lowest BCUT2D eigenvalue weighted by atomic mass is 9.47. The van der Waals surface area contributed by atoms with Gasteiger partial charge in [0.05, 0.1) is 28.2 Å². The van der Waals surface area contributed by atoms with Crippen molar-refractivity contribution in [3.63, 3.8) is 0 Å². The Balaban J connectivity index is 0.00000175. The molecular weight excluding hydrogens is 717 g/mol. The lowest BCUT2D eigenvalue weighted by Gasteiger charge is -2.56. The van der Waals surface area contributed by atoms with Crippen LogP contribution in [0.3, 0.4) is 0 Å². The van der Waals surface area contributed by atoms with Gasteiger partial charge < -0.3 is 19.5 Å². The van der Waals surface area contributed by atoms with Gasteiger partial charge in [0, 0.05) is 23.4 Å². The van der Waals surface area contributed by atoms with Crippen molar-refractivity contribution in [2.45, 2.75) is 155 Å². The predicted molar refractivity (Wildman–Crippen MR) is 235 cm³/mol. The molecule has 1 N–H and O–H groups in total. The van der Waals surface area contributed by atoms with Gasteiger partial charge in [-0.05, 0) is 84.6 Å². The molecule has 0 saturated heterocycles. The third-order valence-electron chi connectivity index (χ3n) is 13.0. The average Bonchev–Trinajstić information content (AvgIpc) is 3.24. The van der Waals surface area contributed by atoms with Crippen molar-refractivity contribution in [3.8, 4) is 5.75 Å². The minimum atomic E-state index is -0.999. The van der Waals surface area contributed by atoms with Crippen LogP contribution in [-0.4, -0.2) is 40.8 Å². The first kappa shape index (κ1) is 49.3. The maximum absolute atomic E-state index is 14.8. The second kappa shape index (κ2) is 17.9. The number of rotatable bonds is 12. The van der Waals surface area contributed by atoms with E-state index in [1.807, 2.05) is 71.9 Å². The summed E-state index contributed by atoms with van der Waals surface area (Å²) >= 11 is 0. The largest absolute Gasteiger partial charge is 0.481 e. The van der Waals surface area contributed by atoms with Gasteiger partial charge in [0.15, 0.2) is 0 Å². The number of hydrogen-bond acceptors (Lipinski definition) is 7. The van der Waals surface area contributed by atoms with E-state index in [1.165, 1.54) is 25.0 Å². The Bertz CT molecular complexity index is 1750. The van der Waals surface area contributed by atoms with E-state index in [4.69, 9.17) is 9.47 Å². The maximum atomic E-state index is 14.8. The summed E-state index contributed by atoms with van der Waals surface area (Å²) in [6, 6.07) is 12.7. The highest BCUT2D eigenvalue weighted by Gasteiger charge is 2.62. The molecule has 3 unspecified atom stereocenters. The number of esters is 1. The predicted octanol–water partition coefficient (Wildman–Crippen LogP) is 12.7. The number of carbonyl (C=O) groups excluding carboxylic acids is 1. The van der Waals surface area contributed by atoms with Crippen molar-refractivity contribution in [3.05, 3.63) is 69.8 Å². The Kier molecular flexibility index (Phi) is 15.5. The number of nitro groups is 1. The third kappa shape index (κ3) is 9.38. The van der Waals surface area contributed by atoms with Crippen LogP contribution in [0.1, 0.15) is 155 Å². The second-order valence-electron chi connectivity index (χ2n) is 20.1. The molecule has 1 spiro atoms. The number of fused-ring (bicyclic) bond motifs is 2. The average molecular weight is 793 g/mol. The van der Waals surface area contributed by atoms with Crippen LogP contribution in [0, 0.1) is 49.0 Å². The van der Waals surface area contributed by atoms with Crippen LogP contribution in [0.15, 0.2) is 48.5 Å². The van der Waals surface area contributed by atoms with Crippen LogP contribution in [0.25, 0.3) is 6.08 Å². The molecule has 0 amide bonds. The quantitative estimate of drug-likeness (QED) is 0.128. The Morgan fingerprint density at radius 2 is 1.46 bits per heavy atom. The van der Waals surface area contributed by atoms with E-state index >= 15 is 0 Å². The molecule has 9 nitrogen and oxygen atoms in total. The number of benzene rings is 2. The number of carbonyl (C=O) groups is 2. The van der Waals surface area contributed by atoms with E-state index in [9.17, 15) is 24.8 Å². The van der Waals surface area contributed by atoms with Crippen LogP contribution in [0.2, 0.25) is 0 Å². The summed E-state index contributed by atoms with van der Waals surface area (Å²) in [5, 5.41) is 21.9. The molecule has 2 aliphatic rings. The van der Waals surface area contributed by atoms with Gasteiger partial charge in [-0.1, -0.05) is 135 Å². The first-order chi connectivity index (χ1) is 26.0. The normalized spacial score (nSPS) is 18.8. The van der Waals surface area contributed by atoms with E-state index in [1.54, 1.807) is 6.07 Å². The number of nitrogens with zero attached hydrogens (tertiary/aromatic N) is 2. The molecule has 0 fully saturated rings. The van der Waals surface area contributed by atoms with Gasteiger partial charge in [0.2, 0.25) is 5.72 Å². The lowest BCUT2D eigenvalue weighted by molar-refractivity contribution is -0.384. The molecule has 57 heavy (non-hydrogen) atoms. The number of hydrogen-bond donors (Lipinski definition) is 1. The fraction of sp³-hybridized carbons (Fsp3) is 0.667. The van der Waals surface area contributed by atoms with Gasteiger partial charge in [0.25, 0.3) is 5.69 Å². The smallest absolute Gasteiger partial charge is 0.312 e. The molecule has 2 aromatic rings. The van der Waals surface area contributed by atoms with Crippen molar-refractivity contribution in [1.82, 2.24) is 0 Å². The van der Waals surface area contributed by atoms with Gasteiger partial charge in [-0.15, -0.1) is 0 Å². The number of ether oxygens (including phenoxy) is 2. The van der Waals surface area contributed by atoms with E-state index in [0.717, 1.165) is 11.3 Å². The Morgan fingerprint density at radius 1 is 0.912 bits per heavy atom. The highest BCUT2D eigenvalue weighted by atomic mass is 16.6. The standard InChI is InChI=1S/C42H60N2O7.2C3H8/c1-27(2)39(10,11)41(14,38(8,9)26-37(6,7)33(34(45)46)36(3,4)5)35(47)50-24-23-43-31-18-16-15-17-30(31)40(12,13)42(43)22-21-28-25-29(44(48)49)19-20-32(28)51-42;2*1-3-2/h15-22,25,27,33H,23-24,26H2,1-14H3,(H,45,46);2*3H2,1-2H3. The monoisotopic (exact) mass is 793 g/mol. The van der Waals surface area contributed by atoms with Gasteiger partial charge in [-0.2, -0.15) is 0 Å². The molecule has 0 aliphatic carbocycles. The first-order valence-electron chi connectivity index (χ1n) is 21.0. The van der Waals surface area contributed by atoms with E-state index in [-0.39, 0.29) is 24.2 Å². The summed E-state index contributed by atoms with van der Waals surface area (Å²) in [6.07, 6.45) is 6.84. The molecule has 2 aromatic carbocycles. The molecule has 2 heterocycles. The summed E-state index contributed by atoms with van der Waals surface area (Å²) in [5.74, 6) is -1.14. The zero-order chi connectivity index (χ0) is 44.2. The number of para-hydroxylation sites is 1. The van der Waals surface area contributed by atoms with Crippen molar-refractivity contribution in [2.24, 2.45) is 38.9 Å². The number of anilines is 1. The van der Waals surface area contributed by atoms with E-state index in [0.29, 0.717) is 24.3 Å². The molecular formula is C48H76N2O7. The second-order valence-corrected chi connectivity index (χ2v) is 20.1. The Morgan fingerprint density at radius 3 is 1.95 bits per heavy atom. The summed E-state index contributed by atoms with van der Waals surface area (Å²) in [4.78, 5) is 40.6. The minimum Gasteiger partial charge on any atom is -0.481 e. The zero-order valence-corrected chi connectivity index (χ0v) is 38.7. The molecule has 0 bridgehead atoms. The van der Waals surface area contributed by atoms with Gasteiger partial charge in [0.1, 0.15) is 12.4 Å². The van der Waals surface area contributed by atoms with Crippen molar-refractivity contribution in [2.75, 3.05) is 18.1 Å². The Labute approximate surface area is 345 Å². The highest BCUT2D eigenvalue weighted by Crippen LogP contribution is 2.61. The summed E-state index contributed by atoms with van der Waals surface area (Å²) in [5.41, 5.74) is -2.19. The minimum absolute atomic E-state index is 0.00810. The number of carboxylic acids is 1. The summed E-state index contributed by atoms with van der Waals surface area (Å²) in [7, 11) is 0.